The zero-order valence-corrected chi connectivity index (χ0v) is 11.6. The maximum Gasteiger partial charge on any atom is 0.181 e. The summed E-state index contributed by atoms with van der Waals surface area (Å²) < 4.78 is 7.10. The third-order valence-corrected chi connectivity index (χ3v) is 2.91. The van der Waals surface area contributed by atoms with E-state index < -0.39 is 0 Å². The Morgan fingerprint density at radius 1 is 1.24 bits per heavy atom. The van der Waals surface area contributed by atoms with E-state index in [0.29, 0.717) is 23.9 Å². The molecule has 0 aliphatic carbocycles. The molecule has 0 unspecified atom stereocenters. The third kappa shape index (κ3) is 2.84. The lowest BCUT2D eigenvalue weighted by Crippen LogP contribution is -1.98. The van der Waals surface area contributed by atoms with Crippen molar-refractivity contribution in [2.45, 2.75) is 6.92 Å². The van der Waals surface area contributed by atoms with Gasteiger partial charge in [0.05, 0.1) is 24.7 Å². The van der Waals surface area contributed by atoms with Crippen molar-refractivity contribution in [3.05, 3.63) is 49.1 Å². The first-order chi connectivity index (χ1) is 10.3. The fourth-order valence-corrected chi connectivity index (χ4v) is 1.98. The number of hydrogen-bond acceptors (Lipinski definition) is 5. The molecule has 6 heteroatoms. The molecule has 0 saturated heterocycles. The predicted octanol–water partition coefficient (Wildman–Crippen LogP) is 2.31. The van der Waals surface area contributed by atoms with Gasteiger partial charge in [-0.3, -0.25) is 4.98 Å². The predicted molar refractivity (Wildman–Crippen MR) is 80.2 cm³/mol. The van der Waals surface area contributed by atoms with Gasteiger partial charge in [0.25, 0.3) is 0 Å². The first-order valence-corrected chi connectivity index (χ1v) is 6.62. The molecule has 0 saturated carbocycles. The van der Waals surface area contributed by atoms with Crippen LogP contribution in [0.15, 0.2) is 49.1 Å². The number of benzene rings is 1. The van der Waals surface area contributed by atoms with Crippen molar-refractivity contribution in [3.63, 3.8) is 0 Å². The van der Waals surface area contributed by atoms with Crippen molar-refractivity contribution in [2.24, 2.45) is 0 Å². The second kappa shape index (κ2) is 5.62. The lowest BCUT2D eigenvalue weighted by atomic mass is 10.2. The number of nitrogens with two attached hydrogens (primary N) is 1. The van der Waals surface area contributed by atoms with E-state index in [4.69, 9.17) is 10.5 Å². The van der Waals surface area contributed by atoms with Crippen LogP contribution in [-0.2, 0) is 0 Å². The molecule has 0 bridgehead atoms. The van der Waals surface area contributed by atoms with Gasteiger partial charge in [-0.2, -0.15) is 0 Å². The summed E-state index contributed by atoms with van der Waals surface area (Å²) in [5.74, 6) is 1.32. The number of pyridine rings is 1. The van der Waals surface area contributed by atoms with Crippen molar-refractivity contribution in [1.82, 2.24) is 19.7 Å². The Hall–Kier alpha value is -2.89. The summed E-state index contributed by atoms with van der Waals surface area (Å²) in [7, 11) is 0. The molecular formula is C15H15N5O. The van der Waals surface area contributed by atoms with Crippen molar-refractivity contribution < 1.29 is 4.74 Å². The maximum absolute atomic E-state index is 5.78. The standard InChI is InChI=1S/C15H15N5O/c1-2-21-14-7-13(8-17-9-14)20-10-18-15(19-20)11-4-3-5-12(16)6-11/h3-10H,2,16H2,1H3. The van der Waals surface area contributed by atoms with E-state index in [0.717, 1.165) is 11.3 Å². The molecule has 3 aromatic rings. The summed E-state index contributed by atoms with van der Waals surface area (Å²) in [6.07, 6.45) is 5.02. The van der Waals surface area contributed by atoms with Gasteiger partial charge in [-0.05, 0) is 19.1 Å². The highest BCUT2D eigenvalue weighted by Crippen LogP contribution is 2.19. The molecule has 2 aromatic heterocycles. The molecule has 6 nitrogen and oxygen atoms in total. The number of hydrogen-bond donors (Lipinski definition) is 1. The van der Waals surface area contributed by atoms with Gasteiger partial charge in [0, 0.05) is 17.3 Å². The van der Waals surface area contributed by atoms with Crippen molar-refractivity contribution in [3.8, 4) is 22.8 Å². The first kappa shape index (κ1) is 13.1. The number of anilines is 1. The van der Waals surface area contributed by atoms with Gasteiger partial charge in [-0.15, -0.1) is 5.10 Å². The summed E-state index contributed by atoms with van der Waals surface area (Å²) >= 11 is 0. The largest absolute Gasteiger partial charge is 0.492 e. The summed E-state index contributed by atoms with van der Waals surface area (Å²) in [6, 6.07) is 9.34. The van der Waals surface area contributed by atoms with Crippen LogP contribution in [0.25, 0.3) is 17.1 Å². The van der Waals surface area contributed by atoms with Gasteiger partial charge < -0.3 is 10.5 Å². The molecule has 106 valence electrons. The van der Waals surface area contributed by atoms with E-state index in [1.54, 1.807) is 23.4 Å². The Morgan fingerprint density at radius 2 is 2.14 bits per heavy atom. The van der Waals surface area contributed by atoms with E-state index in [-0.39, 0.29) is 0 Å². The van der Waals surface area contributed by atoms with Gasteiger partial charge in [-0.25, -0.2) is 9.67 Å². The topological polar surface area (TPSA) is 78.8 Å². The molecule has 0 aliphatic heterocycles. The Kier molecular flexibility index (Phi) is 3.51. The minimum atomic E-state index is 0.594. The lowest BCUT2D eigenvalue weighted by molar-refractivity contribution is 0.338. The number of nitrogen functional groups attached to an aromatic ring is 1. The maximum atomic E-state index is 5.78. The summed E-state index contributed by atoms with van der Waals surface area (Å²) in [5.41, 5.74) is 8.13. The molecule has 2 heterocycles. The molecule has 0 fully saturated rings. The van der Waals surface area contributed by atoms with Crippen LogP contribution < -0.4 is 10.5 Å². The molecule has 0 aliphatic rings. The second-order valence-electron chi connectivity index (χ2n) is 4.45. The minimum Gasteiger partial charge on any atom is -0.492 e. The van der Waals surface area contributed by atoms with Crippen molar-refractivity contribution in [2.75, 3.05) is 12.3 Å². The van der Waals surface area contributed by atoms with E-state index in [9.17, 15) is 0 Å². The van der Waals surface area contributed by atoms with Gasteiger partial charge in [-0.1, -0.05) is 12.1 Å². The highest BCUT2D eigenvalue weighted by Gasteiger charge is 2.07. The molecule has 2 N–H and O–H groups in total. The second-order valence-corrected chi connectivity index (χ2v) is 4.45. The average molecular weight is 281 g/mol. The fourth-order valence-electron chi connectivity index (χ4n) is 1.98. The number of ether oxygens (including phenoxy) is 1. The van der Waals surface area contributed by atoms with Crippen molar-refractivity contribution in [1.29, 1.82) is 0 Å². The van der Waals surface area contributed by atoms with E-state index in [2.05, 4.69) is 15.1 Å². The van der Waals surface area contributed by atoms with Crippen LogP contribution >= 0.6 is 0 Å². The highest BCUT2D eigenvalue weighted by molar-refractivity contribution is 5.60. The summed E-state index contributed by atoms with van der Waals surface area (Å²) in [6.45, 7) is 2.52. The van der Waals surface area contributed by atoms with Gasteiger partial charge in [0.1, 0.15) is 12.1 Å². The van der Waals surface area contributed by atoms with Crippen LogP contribution in [0.3, 0.4) is 0 Å². The van der Waals surface area contributed by atoms with Crippen LogP contribution in [-0.4, -0.2) is 26.4 Å². The van der Waals surface area contributed by atoms with E-state index in [1.165, 1.54) is 0 Å². The van der Waals surface area contributed by atoms with Gasteiger partial charge >= 0.3 is 0 Å². The van der Waals surface area contributed by atoms with Crippen LogP contribution in [0.5, 0.6) is 5.75 Å². The van der Waals surface area contributed by atoms with E-state index in [1.807, 2.05) is 37.3 Å². The van der Waals surface area contributed by atoms with Crippen LogP contribution in [0.4, 0.5) is 5.69 Å². The Morgan fingerprint density at radius 3 is 2.95 bits per heavy atom. The summed E-state index contributed by atoms with van der Waals surface area (Å²) in [4.78, 5) is 8.45. The Bertz CT molecular complexity index is 753. The number of aromatic nitrogens is 4. The fraction of sp³-hybridized carbons (Fsp3) is 0.133. The van der Waals surface area contributed by atoms with Crippen LogP contribution in [0.1, 0.15) is 6.92 Å². The zero-order valence-electron chi connectivity index (χ0n) is 11.6. The molecule has 0 spiro atoms. The monoisotopic (exact) mass is 281 g/mol. The number of rotatable bonds is 4. The van der Waals surface area contributed by atoms with Gasteiger partial charge in [0.2, 0.25) is 0 Å². The Balaban J connectivity index is 1.93. The molecule has 0 atom stereocenters. The SMILES string of the molecule is CCOc1cncc(-n2cnc(-c3cccc(N)c3)n2)c1. The average Bonchev–Trinajstić information content (AvgIpc) is 2.98. The molecule has 0 radical (unpaired) electrons. The van der Waals surface area contributed by atoms with Crippen LogP contribution in [0, 0.1) is 0 Å². The van der Waals surface area contributed by atoms with E-state index >= 15 is 0 Å². The molecule has 21 heavy (non-hydrogen) atoms. The molecule has 3 rings (SSSR count). The first-order valence-electron chi connectivity index (χ1n) is 6.62. The normalized spacial score (nSPS) is 10.5. The highest BCUT2D eigenvalue weighted by atomic mass is 16.5. The molecule has 1 aromatic carbocycles. The summed E-state index contributed by atoms with van der Waals surface area (Å²) in [5, 5.41) is 4.45. The van der Waals surface area contributed by atoms with Crippen molar-refractivity contribution >= 4 is 5.69 Å². The quantitative estimate of drug-likeness (QED) is 0.742. The van der Waals surface area contributed by atoms with Gasteiger partial charge in [0.15, 0.2) is 5.82 Å². The molecular weight excluding hydrogens is 266 g/mol. The minimum absolute atomic E-state index is 0.594. The zero-order chi connectivity index (χ0) is 14.7. The lowest BCUT2D eigenvalue weighted by Gasteiger charge is -2.04. The van der Waals surface area contributed by atoms with Crippen LogP contribution in [0.2, 0.25) is 0 Å². The Labute approximate surface area is 122 Å². The smallest absolute Gasteiger partial charge is 0.181 e. The molecule has 0 amide bonds. The third-order valence-electron chi connectivity index (χ3n) is 2.91. The number of nitrogens with zero attached hydrogens (tertiary/aromatic N) is 4.